The molecule has 0 heterocycles. The van der Waals surface area contributed by atoms with Crippen LogP contribution in [-0.2, 0) is 4.74 Å². The maximum absolute atomic E-state index is 12.2. The maximum Gasteiger partial charge on any atom is 0.407 e. The molecule has 154 valence electrons. The highest BCUT2D eigenvalue weighted by molar-refractivity contribution is 5.79. The van der Waals surface area contributed by atoms with Crippen LogP contribution in [0.2, 0.25) is 0 Å². The summed E-state index contributed by atoms with van der Waals surface area (Å²) in [6.45, 7) is 0.691. The van der Waals surface area contributed by atoms with Gasteiger partial charge in [0.05, 0.1) is 11.6 Å². The summed E-state index contributed by atoms with van der Waals surface area (Å²) in [7, 11) is 0. The van der Waals surface area contributed by atoms with Gasteiger partial charge in [-0.15, -0.1) is 0 Å². The third kappa shape index (κ3) is 4.44. The molecule has 1 aliphatic carbocycles. The molecular formula is C26H22N2O3. The van der Waals surface area contributed by atoms with E-state index >= 15 is 0 Å². The van der Waals surface area contributed by atoms with E-state index in [0.717, 1.165) is 0 Å². The van der Waals surface area contributed by atoms with Crippen LogP contribution in [0.1, 0.15) is 34.6 Å². The third-order valence-electron chi connectivity index (χ3n) is 5.38. The summed E-state index contributed by atoms with van der Waals surface area (Å²) in [5.41, 5.74) is 5.80. The Balaban J connectivity index is 1.28. The molecular weight excluding hydrogens is 388 g/mol. The molecule has 0 spiro atoms. The fourth-order valence-electron chi connectivity index (χ4n) is 3.87. The number of ether oxygens (including phenoxy) is 1. The van der Waals surface area contributed by atoms with E-state index in [1.165, 1.54) is 28.3 Å². The summed E-state index contributed by atoms with van der Waals surface area (Å²) in [4.78, 5) is 12.2. The lowest BCUT2D eigenvalue weighted by Crippen LogP contribution is -2.26. The third-order valence-corrected chi connectivity index (χ3v) is 5.38. The van der Waals surface area contributed by atoms with Gasteiger partial charge in [0.2, 0.25) is 0 Å². The molecule has 2 N–H and O–H groups in total. The number of rotatable bonds is 6. The standard InChI is InChI=1S/C26H22N2O3/c27-16-18-12-13-25(29)19(15-18)7-5-6-14-28-26(30)31-17-24-22-10-3-1-8-20(22)21-9-2-4-11-23(21)24/h1-5,7-13,15,24,29H,6,14,17H2,(H,28,30). The van der Waals surface area contributed by atoms with Gasteiger partial charge in [0.25, 0.3) is 0 Å². The number of amides is 1. The second-order valence-electron chi connectivity index (χ2n) is 7.33. The Morgan fingerprint density at radius 3 is 2.42 bits per heavy atom. The van der Waals surface area contributed by atoms with Gasteiger partial charge in [0.1, 0.15) is 12.4 Å². The molecule has 0 bridgehead atoms. The van der Waals surface area contributed by atoms with Crippen molar-refractivity contribution in [2.75, 3.05) is 13.2 Å². The Morgan fingerprint density at radius 1 is 1.06 bits per heavy atom. The normalized spacial score (nSPS) is 12.2. The summed E-state index contributed by atoms with van der Waals surface area (Å²) >= 11 is 0. The number of phenols is 1. The molecule has 5 nitrogen and oxygen atoms in total. The highest BCUT2D eigenvalue weighted by Gasteiger charge is 2.28. The number of fused-ring (bicyclic) bond motifs is 3. The van der Waals surface area contributed by atoms with Gasteiger partial charge in [0, 0.05) is 18.0 Å². The smallest absolute Gasteiger partial charge is 0.407 e. The molecule has 0 fully saturated rings. The van der Waals surface area contributed by atoms with Crippen LogP contribution in [0.15, 0.2) is 72.8 Å². The van der Waals surface area contributed by atoms with Crippen molar-refractivity contribution in [1.29, 1.82) is 5.26 Å². The minimum atomic E-state index is -0.454. The molecule has 0 aliphatic heterocycles. The van der Waals surface area contributed by atoms with Gasteiger partial charge in [0.15, 0.2) is 0 Å². The summed E-state index contributed by atoms with van der Waals surface area (Å²) in [6.07, 6.45) is 3.68. The van der Waals surface area contributed by atoms with Crippen molar-refractivity contribution in [3.63, 3.8) is 0 Å². The average molecular weight is 410 g/mol. The summed E-state index contributed by atoms with van der Waals surface area (Å²) in [5.74, 6) is 0.146. The van der Waals surface area contributed by atoms with Crippen LogP contribution in [0.3, 0.4) is 0 Å². The Bertz CT molecular complexity index is 1130. The van der Waals surface area contributed by atoms with Gasteiger partial charge in [-0.2, -0.15) is 5.26 Å². The fourth-order valence-corrected chi connectivity index (χ4v) is 3.87. The molecule has 0 saturated carbocycles. The number of hydrogen-bond acceptors (Lipinski definition) is 4. The van der Waals surface area contributed by atoms with E-state index in [1.807, 2.05) is 36.4 Å². The van der Waals surface area contributed by atoms with Crippen LogP contribution in [0.4, 0.5) is 4.79 Å². The number of benzene rings is 3. The molecule has 4 rings (SSSR count). The highest BCUT2D eigenvalue weighted by atomic mass is 16.5. The second kappa shape index (κ2) is 9.19. The van der Waals surface area contributed by atoms with Crippen molar-refractivity contribution in [3.8, 4) is 22.9 Å². The first-order valence-corrected chi connectivity index (χ1v) is 10.2. The van der Waals surface area contributed by atoms with Crippen LogP contribution in [0.25, 0.3) is 17.2 Å². The first kappa shape index (κ1) is 20.2. The number of nitrogens with zero attached hydrogens (tertiary/aromatic N) is 1. The molecule has 0 atom stereocenters. The Labute approximate surface area is 181 Å². The highest BCUT2D eigenvalue weighted by Crippen LogP contribution is 2.44. The maximum atomic E-state index is 12.2. The van der Waals surface area contributed by atoms with Gasteiger partial charge < -0.3 is 15.2 Å². The molecule has 31 heavy (non-hydrogen) atoms. The number of carbonyl (C=O) groups excluding carboxylic acids is 1. The quantitative estimate of drug-likeness (QED) is 0.547. The van der Waals surface area contributed by atoms with Crippen LogP contribution in [0, 0.1) is 11.3 Å². The van der Waals surface area contributed by atoms with Crippen molar-refractivity contribution < 1.29 is 14.6 Å². The molecule has 1 amide bonds. The van der Waals surface area contributed by atoms with E-state index in [2.05, 4.69) is 29.6 Å². The molecule has 0 unspecified atom stereocenters. The number of hydrogen-bond donors (Lipinski definition) is 2. The van der Waals surface area contributed by atoms with Crippen molar-refractivity contribution in [2.45, 2.75) is 12.3 Å². The van der Waals surface area contributed by atoms with E-state index in [9.17, 15) is 9.90 Å². The van der Waals surface area contributed by atoms with Crippen molar-refractivity contribution in [2.24, 2.45) is 0 Å². The van der Waals surface area contributed by atoms with Gasteiger partial charge in [-0.3, -0.25) is 0 Å². The SMILES string of the molecule is N#Cc1ccc(O)c(C=CCCNC(=O)OCC2c3ccccc3-c3ccccc32)c1. The van der Waals surface area contributed by atoms with Crippen LogP contribution in [-0.4, -0.2) is 24.4 Å². The summed E-state index contributed by atoms with van der Waals surface area (Å²) in [5, 5.41) is 21.5. The Morgan fingerprint density at radius 2 is 1.74 bits per heavy atom. The van der Waals surface area contributed by atoms with Gasteiger partial charge in [-0.1, -0.05) is 60.7 Å². The van der Waals surface area contributed by atoms with E-state index in [0.29, 0.717) is 24.1 Å². The number of carbonyl (C=O) groups is 1. The lowest BCUT2D eigenvalue weighted by Gasteiger charge is -2.14. The molecule has 0 aromatic heterocycles. The van der Waals surface area contributed by atoms with Crippen molar-refractivity contribution in [1.82, 2.24) is 5.32 Å². The molecule has 0 saturated heterocycles. The number of nitriles is 1. The van der Waals surface area contributed by atoms with E-state index in [-0.39, 0.29) is 18.3 Å². The molecule has 5 heteroatoms. The van der Waals surface area contributed by atoms with Crippen LogP contribution >= 0.6 is 0 Å². The average Bonchev–Trinajstić information content (AvgIpc) is 3.12. The number of aromatic hydroxyl groups is 1. The molecule has 3 aromatic rings. The number of phenolic OH excluding ortho intramolecular Hbond substituents is 1. The van der Waals surface area contributed by atoms with Gasteiger partial charge in [-0.05, 0) is 46.9 Å². The Hall–Kier alpha value is -4.04. The summed E-state index contributed by atoms with van der Waals surface area (Å²) < 4.78 is 5.50. The fraction of sp³-hybridized carbons (Fsp3) is 0.154. The molecule has 1 aliphatic rings. The van der Waals surface area contributed by atoms with Crippen molar-refractivity contribution in [3.05, 3.63) is 95.1 Å². The lowest BCUT2D eigenvalue weighted by atomic mass is 9.98. The van der Waals surface area contributed by atoms with E-state index in [4.69, 9.17) is 10.00 Å². The first-order valence-electron chi connectivity index (χ1n) is 10.2. The van der Waals surface area contributed by atoms with Crippen LogP contribution in [0.5, 0.6) is 5.75 Å². The number of alkyl carbamates (subject to hydrolysis) is 1. The predicted octanol–water partition coefficient (Wildman–Crippen LogP) is 5.21. The largest absolute Gasteiger partial charge is 0.507 e. The minimum Gasteiger partial charge on any atom is -0.507 e. The molecule has 0 radical (unpaired) electrons. The van der Waals surface area contributed by atoms with Gasteiger partial charge in [-0.25, -0.2) is 4.79 Å². The Kier molecular flexibility index (Phi) is 6.00. The van der Waals surface area contributed by atoms with Gasteiger partial charge >= 0.3 is 6.09 Å². The van der Waals surface area contributed by atoms with Crippen LogP contribution < -0.4 is 5.32 Å². The minimum absolute atomic E-state index is 0.0356. The zero-order chi connectivity index (χ0) is 21.6. The monoisotopic (exact) mass is 410 g/mol. The zero-order valence-corrected chi connectivity index (χ0v) is 16.9. The first-order chi connectivity index (χ1) is 15.2. The zero-order valence-electron chi connectivity index (χ0n) is 16.9. The van der Waals surface area contributed by atoms with E-state index < -0.39 is 6.09 Å². The predicted molar refractivity (Wildman–Crippen MR) is 120 cm³/mol. The number of nitrogens with one attached hydrogen (secondary N) is 1. The second-order valence-corrected chi connectivity index (χ2v) is 7.33. The molecule has 3 aromatic carbocycles. The lowest BCUT2D eigenvalue weighted by molar-refractivity contribution is 0.143. The van der Waals surface area contributed by atoms with E-state index in [1.54, 1.807) is 18.2 Å². The topological polar surface area (TPSA) is 82.4 Å². The van der Waals surface area contributed by atoms with Crippen molar-refractivity contribution >= 4 is 12.2 Å². The summed E-state index contributed by atoms with van der Waals surface area (Å²) in [6, 6.07) is 23.2.